The van der Waals surface area contributed by atoms with Gasteiger partial charge in [-0.3, -0.25) is 0 Å². The molecule has 5 rings (SSSR count). The van der Waals surface area contributed by atoms with E-state index in [4.69, 9.17) is 9.47 Å². The number of fused-ring (bicyclic) bond motifs is 2. The van der Waals surface area contributed by atoms with Gasteiger partial charge in [0.1, 0.15) is 0 Å². The SMILES string of the molecule is C1=CC2CC1CC2C1CO1.C1=CCC=C1.C=CC1CO1. The van der Waals surface area contributed by atoms with Gasteiger partial charge in [-0.2, -0.15) is 0 Å². The van der Waals surface area contributed by atoms with Gasteiger partial charge in [-0.25, -0.2) is 0 Å². The first kappa shape index (κ1) is 13.8. The van der Waals surface area contributed by atoms with Crippen LogP contribution < -0.4 is 0 Å². The maximum atomic E-state index is 5.31. The highest BCUT2D eigenvalue weighted by Crippen LogP contribution is 2.47. The molecule has 2 heterocycles. The highest BCUT2D eigenvalue weighted by Gasteiger charge is 2.44. The second kappa shape index (κ2) is 6.55. The summed E-state index contributed by atoms with van der Waals surface area (Å²) in [6.07, 6.45) is 20.0. The Morgan fingerprint density at radius 1 is 1.00 bits per heavy atom. The summed E-state index contributed by atoms with van der Waals surface area (Å²) in [5, 5.41) is 0. The Balaban J connectivity index is 0.000000103. The van der Waals surface area contributed by atoms with Gasteiger partial charge in [-0.1, -0.05) is 42.5 Å². The lowest BCUT2D eigenvalue weighted by molar-refractivity contribution is 0.298. The van der Waals surface area contributed by atoms with Crippen molar-refractivity contribution in [2.45, 2.75) is 31.5 Å². The van der Waals surface area contributed by atoms with Crippen molar-refractivity contribution in [1.29, 1.82) is 0 Å². The van der Waals surface area contributed by atoms with Gasteiger partial charge in [-0.05, 0) is 37.0 Å². The third kappa shape index (κ3) is 3.94. The van der Waals surface area contributed by atoms with Crippen LogP contribution in [0.3, 0.4) is 0 Å². The van der Waals surface area contributed by atoms with E-state index in [2.05, 4.69) is 43.0 Å². The maximum Gasteiger partial charge on any atom is 0.0988 e. The van der Waals surface area contributed by atoms with Crippen LogP contribution in [0.25, 0.3) is 0 Å². The Morgan fingerprint density at radius 3 is 2.05 bits per heavy atom. The molecule has 108 valence electrons. The van der Waals surface area contributed by atoms with Crippen molar-refractivity contribution in [2.24, 2.45) is 17.8 Å². The lowest BCUT2D eigenvalue weighted by Crippen LogP contribution is -2.13. The van der Waals surface area contributed by atoms with Gasteiger partial charge in [0.15, 0.2) is 0 Å². The highest BCUT2D eigenvalue weighted by molar-refractivity contribution is 5.12. The third-order valence-corrected chi connectivity index (χ3v) is 4.44. The molecular formula is C18H24O2. The topological polar surface area (TPSA) is 25.1 Å². The first-order valence-electron chi connectivity index (χ1n) is 7.72. The zero-order chi connectivity index (χ0) is 13.8. The van der Waals surface area contributed by atoms with Crippen molar-refractivity contribution < 1.29 is 9.47 Å². The molecule has 3 aliphatic carbocycles. The maximum absolute atomic E-state index is 5.31. The van der Waals surface area contributed by atoms with E-state index in [0.29, 0.717) is 12.2 Å². The first-order valence-corrected chi connectivity index (χ1v) is 7.72. The van der Waals surface area contributed by atoms with Crippen LogP contribution in [0.15, 0.2) is 49.1 Å². The Kier molecular flexibility index (Phi) is 4.54. The molecule has 2 heteroatoms. The molecule has 1 saturated carbocycles. The van der Waals surface area contributed by atoms with Crippen LogP contribution in [0.1, 0.15) is 19.3 Å². The minimum absolute atomic E-state index is 0.398. The predicted molar refractivity (Wildman–Crippen MR) is 81.4 cm³/mol. The van der Waals surface area contributed by atoms with E-state index in [1.165, 1.54) is 12.8 Å². The number of hydrogen-bond donors (Lipinski definition) is 0. The molecule has 5 aliphatic rings. The van der Waals surface area contributed by atoms with Crippen molar-refractivity contribution in [1.82, 2.24) is 0 Å². The molecule has 2 bridgehead atoms. The highest BCUT2D eigenvalue weighted by atomic mass is 16.6. The summed E-state index contributed by atoms with van der Waals surface area (Å²) in [6, 6.07) is 0. The van der Waals surface area contributed by atoms with Crippen molar-refractivity contribution >= 4 is 0 Å². The van der Waals surface area contributed by atoms with E-state index in [9.17, 15) is 0 Å². The first-order chi connectivity index (χ1) is 9.86. The molecule has 0 aromatic rings. The fraction of sp³-hybridized carbons (Fsp3) is 0.556. The van der Waals surface area contributed by atoms with Gasteiger partial charge in [0, 0.05) is 0 Å². The molecule has 0 spiro atoms. The zero-order valence-electron chi connectivity index (χ0n) is 12.0. The van der Waals surface area contributed by atoms with Crippen molar-refractivity contribution in [3.63, 3.8) is 0 Å². The minimum Gasteiger partial charge on any atom is -0.373 e. The fourth-order valence-corrected chi connectivity index (χ4v) is 3.14. The standard InChI is InChI=1S/C9H12O.C5H6.C4H6O/c1-2-7-3-6(1)4-8(7)9-5-10-9;1-2-4-5-3-1;1-2-4-3-5-4/h1-2,6-9H,3-5H2;1-4H,5H2;2,4H,1,3H2. The van der Waals surface area contributed by atoms with Gasteiger partial charge >= 0.3 is 0 Å². The molecule has 0 N–H and O–H groups in total. The molecule has 0 aromatic carbocycles. The summed E-state index contributed by atoms with van der Waals surface area (Å²) in [5.74, 6) is 2.70. The van der Waals surface area contributed by atoms with Gasteiger partial charge in [0.25, 0.3) is 0 Å². The van der Waals surface area contributed by atoms with Crippen LogP contribution in [0.2, 0.25) is 0 Å². The lowest BCUT2D eigenvalue weighted by Gasteiger charge is -2.14. The minimum atomic E-state index is 0.398. The second-order valence-corrected chi connectivity index (χ2v) is 6.02. The average Bonchev–Trinajstić information content (AvgIpc) is 3.37. The fourth-order valence-electron chi connectivity index (χ4n) is 3.14. The van der Waals surface area contributed by atoms with Crippen LogP contribution in [-0.2, 0) is 9.47 Å². The van der Waals surface area contributed by atoms with E-state index in [1.807, 2.05) is 0 Å². The van der Waals surface area contributed by atoms with Crippen LogP contribution in [0.4, 0.5) is 0 Å². The van der Waals surface area contributed by atoms with E-state index >= 15 is 0 Å². The lowest BCUT2D eigenvalue weighted by atomic mass is 9.91. The molecule has 0 radical (unpaired) electrons. The zero-order valence-corrected chi connectivity index (χ0v) is 12.0. The summed E-state index contributed by atoms with van der Waals surface area (Å²) in [5.41, 5.74) is 0. The van der Waals surface area contributed by atoms with Crippen molar-refractivity contribution in [2.75, 3.05) is 13.2 Å². The van der Waals surface area contributed by atoms with Crippen LogP contribution in [0.5, 0.6) is 0 Å². The Hall–Kier alpha value is -1.12. The third-order valence-electron chi connectivity index (χ3n) is 4.44. The van der Waals surface area contributed by atoms with Crippen LogP contribution in [-0.4, -0.2) is 25.4 Å². The van der Waals surface area contributed by atoms with E-state index in [0.717, 1.165) is 37.4 Å². The van der Waals surface area contributed by atoms with E-state index in [1.54, 1.807) is 6.08 Å². The quantitative estimate of drug-likeness (QED) is 0.566. The summed E-state index contributed by atoms with van der Waals surface area (Å²) in [6.45, 7) is 5.43. The molecule has 3 fully saturated rings. The number of ether oxygens (including phenoxy) is 2. The van der Waals surface area contributed by atoms with Gasteiger partial charge in [0.05, 0.1) is 25.4 Å². The normalized spacial score (nSPS) is 40.7. The Bertz CT molecular complexity index is 403. The number of epoxide rings is 2. The molecule has 2 saturated heterocycles. The monoisotopic (exact) mass is 272 g/mol. The molecular weight excluding hydrogens is 248 g/mol. The van der Waals surface area contributed by atoms with Crippen LogP contribution >= 0.6 is 0 Å². The van der Waals surface area contributed by atoms with Gasteiger partial charge < -0.3 is 9.47 Å². The number of rotatable bonds is 2. The van der Waals surface area contributed by atoms with E-state index in [-0.39, 0.29) is 0 Å². The van der Waals surface area contributed by atoms with Crippen LogP contribution in [0, 0.1) is 17.8 Å². The van der Waals surface area contributed by atoms with Gasteiger partial charge in [0.2, 0.25) is 0 Å². The average molecular weight is 272 g/mol. The summed E-state index contributed by atoms with van der Waals surface area (Å²) >= 11 is 0. The second-order valence-electron chi connectivity index (χ2n) is 6.02. The van der Waals surface area contributed by atoms with E-state index < -0.39 is 0 Å². The molecule has 20 heavy (non-hydrogen) atoms. The predicted octanol–water partition coefficient (Wildman–Crippen LogP) is 3.67. The Labute approximate surface area is 121 Å². The summed E-state index contributed by atoms with van der Waals surface area (Å²) in [7, 11) is 0. The molecule has 2 nitrogen and oxygen atoms in total. The smallest absolute Gasteiger partial charge is 0.0988 e. The number of hydrogen-bond acceptors (Lipinski definition) is 2. The summed E-state index contributed by atoms with van der Waals surface area (Å²) in [4.78, 5) is 0. The molecule has 5 atom stereocenters. The molecule has 5 unspecified atom stereocenters. The van der Waals surface area contributed by atoms with Gasteiger partial charge in [-0.15, -0.1) is 6.58 Å². The number of allylic oxidation sites excluding steroid dienone is 6. The molecule has 2 aliphatic heterocycles. The largest absolute Gasteiger partial charge is 0.373 e. The molecule has 0 amide bonds. The van der Waals surface area contributed by atoms with Crippen molar-refractivity contribution in [3.05, 3.63) is 49.1 Å². The summed E-state index contributed by atoms with van der Waals surface area (Å²) < 4.78 is 10.1. The Morgan fingerprint density at radius 2 is 1.75 bits per heavy atom. The van der Waals surface area contributed by atoms with Crippen molar-refractivity contribution in [3.8, 4) is 0 Å². The molecule has 0 aromatic heterocycles.